The number of para-hydroxylation sites is 1. The van der Waals surface area contributed by atoms with Crippen LogP contribution < -0.4 is 14.8 Å². The molecule has 29 heavy (non-hydrogen) atoms. The summed E-state index contributed by atoms with van der Waals surface area (Å²) in [6.07, 6.45) is 0. The van der Waals surface area contributed by atoms with Gasteiger partial charge in [0.15, 0.2) is 0 Å². The normalized spacial score (nSPS) is 12.1. The molecule has 2 rings (SSSR count). The van der Waals surface area contributed by atoms with Gasteiger partial charge in [0.2, 0.25) is 15.9 Å². The average Bonchev–Trinajstić information content (AvgIpc) is 2.68. The Labute approximate surface area is 174 Å². The number of ether oxygens (including phenoxy) is 2. The molecule has 0 aliphatic rings. The maximum Gasteiger partial charge on any atom is 0.339 e. The first kappa shape index (κ1) is 22.7. The van der Waals surface area contributed by atoms with Crippen LogP contribution in [0.4, 0.5) is 5.69 Å². The Morgan fingerprint density at radius 3 is 2.52 bits per heavy atom. The number of esters is 1. The molecule has 0 bridgehead atoms. The highest BCUT2D eigenvalue weighted by atomic mass is 35.5. The van der Waals surface area contributed by atoms with Crippen molar-refractivity contribution < 1.29 is 27.5 Å². The molecule has 0 heterocycles. The van der Waals surface area contributed by atoms with Gasteiger partial charge in [0.05, 0.1) is 31.0 Å². The number of carbonyl (C=O) groups excluding carboxylic acids is 2. The third-order valence-corrected chi connectivity index (χ3v) is 5.61. The summed E-state index contributed by atoms with van der Waals surface area (Å²) in [5.74, 6) is -1.17. The molecule has 8 nitrogen and oxygen atoms in total. The van der Waals surface area contributed by atoms with Gasteiger partial charge in [0, 0.05) is 5.02 Å². The fraction of sp³-hybridized carbons (Fsp3) is 0.263. The lowest BCUT2D eigenvalue weighted by molar-refractivity contribution is -0.117. The third kappa shape index (κ3) is 5.69. The molecule has 0 spiro atoms. The fourth-order valence-electron chi connectivity index (χ4n) is 2.44. The minimum Gasteiger partial charge on any atom is -0.492 e. The highest BCUT2D eigenvalue weighted by Crippen LogP contribution is 2.27. The van der Waals surface area contributed by atoms with Crippen LogP contribution in [0.15, 0.2) is 47.4 Å². The van der Waals surface area contributed by atoms with Crippen molar-refractivity contribution in [2.45, 2.75) is 24.8 Å². The largest absolute Gasteiger partial charge is 0.492 e. The molecule has 0 aliphatic heterocycles. The third-order valence-electron chi connectivity index (χ3n) is 3.81. The number of benzene rings is 2. The molecule has 0 saturated heterocycles. The molecule has 1 unspecified atom stereocenters. The van der Waals surface area contributed by atoms with Crippen molar-refractivity contribution in [1.29, 1.82) is 0 Å². The first-order valence-electron chi connectivity index (χ1n) is 8.62. The summed E-state index contributed by atoms with van der Waals surface area (Å²) in [5, 5.41) is 2.73. The molecular weight excluding hydrogens is 420 g/mol. The number of amides is 1. The van der Waals surface area contributed by atoms with E-state index >= 15 is 0 Å². The van der Waals surface area contributed by atoms with E-state index in [4.69, 9.17) is 16.3 Å². The summed E-state index contributed by atoms with van der Waals surface area (Å²) < 4.78 is 37.8. The molecule has 0 radical (unpaired) electrons. The Morgan fingerprint density at radius 2 is 1.86 bits per heavy atom. The van der Waals surface area contributed by atoms with Crippen molar-refractivity contribution >= 4 is 39.2 Å². The van der Waals surface area contributed by atoms with Gasteiger partial charge >= 0.3 is 5.97 Å². The lowest BCUT2D eigenvalue weighted by atomic mass is 10.1. The summed E-state index contributed by atoms with van der Waals surface area (Å²) in [4.78, 5) is 24.2. The number of hydrogen-bond donors (Lipinski definition) is 2. The molecule has 2 aromatic rings. The molecule has 2 aromatic carbocycles. The Hall–Kier alpha value is -2.62. The van der Waals surface area contributed by atoms with Gasteiger partial charge in [-0.25, -0.2) is 13.2 Å². The van der Waals surface area contributed by atoms with Crippen LogP contribution in [0.3, 0.4) is 0 Å². The predicted molar refractivity (Wildman–Crippen MR) is 109 cm³/mol. The zero-order valence-electron chi connectivity index (χ0n) is 16.1. The molecule has 1 amide bonds. The van der Waals surface area contributed by atoms with Crippen LogP contribution in [0.2, 0.25) is 5.02 Å². The van der Waals surface area contributed by atoms with E-state index in [0.29, 0.717) is 0 Å². The second-order valence-electron chi connectivity index (χ2n) is 5.89. The molecule has 10 heteroatoms. The molecule has 0 aliphatic carbocycles. The number of methoxy groups -OCH3 is 1. The predicted octanol–water partition coefficient (Wildman–Crippen LogP) is 2.83. The van der Waals surface area contributed by atoms with Gasteiger partial charge in [-0.05, 0) is 44.2 Å². The molecule has 0 fully saturated rings. The maximum atomic E-state index is 12.8. The van der Waals surface area contributed by atoms with Crippen molar-refractivity contribution in [2.75, 3.05) is 19.0 Å². The van der Waals surface area contributed by atoms with E-state index < -0.39 is 27.9 Å². The summed E-state index contributed by atoms with van der Waals surface area (Å²) >= 11 is 5.92. The molecule has 2 N–H and O–H groups in total. The summed E-state index contributed by atoms with van der Waals surface area (Å²) in [7, 11) is -2.89. The van der Waals surface area contributed by atoms with Crippen molar-refractivity contribution in [3.8, 4) is 5.75 Å². The van der Waals surface area contributed by atoms with Crippen LogP contribution in [0.5, 0.6) is 5.75 Å². The molecule has 1 atom stereocenters. The van der Waals surface area contributed by atoms with Crippen LogP contribution >= 0.6 is 11.6 Å². The number of anilines is 1. The number of rotatable bonds is 8. The highest BCUT2D eigenvalue weighted by Gasteiger charge is 2.26. The van der Waals surface area contributed by atoms with Crippen molar-refractivity contribution in [2.24, 2.45) is 0 Å². The van der Waals surface area contributed by atoms with Gasteiger partial charge in [-0.15, -0.1) is 0 Å². The maximum absolute atomic E-state index is 12.8. The number of carbonyl (C=O) groups is 2. The van der Waals surface area contributed by atoms with E-state index in [1.54, 1.807) is 19.1 Å². The van der Waals surface area contributed by atoms with E-state index in [0.717, 1.165) is 0 Å². The van der Waals surface area contributed by atoms with E-state index in [-0.39, 0.29) is 33.5 Å². The number of nitrogens with one attached hydrogen (secondary N) is 2. The van der Waals surface area contributed by atoms with E-state index in [9.17, 15) is 18.0 Å². The minimum absolute atomic E-state index is 0.119. The average molecular weight is 441 g/mol. The summed E-state index contributed by atoms with van der Waals surface area (Å²) in [5.41, 5.74) is 0.347. The lowest BCUT2D eigenvalue weighted by Crippen LogP contribution is -2.41. The fourth-order valence-corrected chi connectivity index (χ4v) is 4.05. The first-order chi connectivity index (χ1) is 13.7. The zero-order chi connectivity index (χ0) is 21.6. The molecular formula is C19H21ClN2O6S. The number of halogens is 1. The number of sulfonamides is 1. The van der Waals surface area contributed by atoms with E-state index in [2.05, 4.69) is 14.8 Å². The highest BCUT2D eigenvalue weighted by molar-refractivity contribution is 7.89. The Bertz CT molecular complexity index is 1010. The molecule has 156 valence electrons. The van der Waals surface area contributed by atoms with Crippen molar-refractivity contribution in [1.82, 2.24) is 4.72 Å². The van der Waals surface area contributed by atoms with Gasteiger partial charge in [-0.3, -0.25) is 4.79 Å². The van der Waals surface area contributed by atoms with Gasteiger partial charge in [0.1, 0.15) is 10.6 Å². The van der Waals surface area contributed by atoms with Crippen molar-refractivity contribution in [3.05, 3.63) is 53.1 Å². The molecule has 0 aromatic heterocycles. The Morgan fingerprint density at radius 1 is 1.17 bits per heavy atom. The monoisotopic (exact) mass is 440 g/mol. The van der Waals surface area contributed by atoms with Crippen LogP contribution in [-0.2, 0) is 19.6 Å². The standard InChI is InChI=1S/C19H21ClN2O6S/c1-4-28-16-10-9-13(20)11-17(16)29(25,26)22-12(2)18(23)21-15-8-6-5-7-14(15)19(24)27-3/h5-12,22H,4H2,1-3H3,(H,21,23). The Balaban J connectivity index is 2.22. The second kappa shape index (κ2) is 9.73. The second-order valence-corrected chi connectivity index (χ2v) is 8.01. The van der Waals surface area contributed by atoms with Crippen LogP contribution in [0.1, 0.15) is 24.2 Å². The SMILES string of the molecule is CCOc1ccc(Cl)cc1S(=O)(=O)NC(C)C(=O)Nc1ccccc1C(=O)OC. The number of hydrogen-bond acceptors (Lipinski definition) is 6. The summed E-state index contributed by atoms with van der Waals surface area (Å²) in [6.45, 7) is 3.34. The first-order valence-corrected chi connectivity index (χ1v) is 10.5. The minimum atomic E-state index is -4.12. The topological polar surface area (TPSA) is 111 Å². The van der Waals surface area contributed by atoms with Crippen LogP contribution in [-0.4, -0.2) is 40.1 Å². The lowest BCUT2D eigenvalue weighted by Gasteiger charge is -2.17. The van der Waals surface area contributed by atoms with Gasteiger partial charge in [-0.1, -0.05) is 23.7 Å². The Kier molecular flexibility index (Phi) is 7.60. The zero-order valence-corrected chi connectivity index (χ0v) is 17.6. The molecule has 0 saturated carbocycles. The van der Waals surface area contributed by atoms with Crippen LogP contribution in [0, 0.1) is 0 Å². The quantitative estimate of drug-likeness (QED) is 0.610. The summed E-state index contributed by atoms with van der Waals surface area (Å²) in [6, 6.07) is 9.26. The van der Waals surface area contributed by atoms with Crippen LogP contribution in [0.25, 0.3) is 0 Å². The van der Waals surface area contributed by atoms with E-state index in [1.165, 1.54) is 44.4 Å². The van der Waals surface area contributed by atoms with E-state index in [1.807, 2.05) is 0 Å². The van der Waals surface area contributed by atoms with Gasteiger partial charge in [-0.2, -0.15) is 4.72 Å². The van der Waals surface area contributed by atoms with Gasteiger partial charge in [0.25, 0.3) is 0 Å². The smallest absolute Gasteiger partial charge is 0.339 e. The van der Waals surface area contributed by atoms with Crippen molar-refractivity contribution in [3.63, 3.8) is 0 Å². The van der Waals surface area contributed by atoms with Gasteiger partial charge < -0.3 is 14.8 Å².